The molecule has 0 fully saturated rings. The van der Waals surface area contributed by atoms with E-state index in [1.54, 1.807) is 17.8 Å². The van der Waals surface area contributed by atoms with Crippen molar-refractivity contribution < 1.29 is 14.9 Å². The maximum atomic E-state index is 10.5. The molecule has 9 heteroatoms. The Kier molecular flexibility index (Phi) is 10.8. The summed E-state index contributed by atoms with van der Waals surface area (Å²) in [6, 6.07) is 13.5. The van der Waals surface area contributed by atoms with Crippen molar-refractivity contribution >= 4 is 40.0 Å². The third-order valence-electron chi connectivity index (χ3n) is 4.14. The molecule has 0 saturated heterocycles. The molecule has 0 aromatic heterocycles. The van der Waals surface area contributed by atoms with Crippen LogP contribution in [-0.4, -0.2) is 47.4 Å². The van der Waals surface area contributed by atoms with Crippen LogP contribution in [0.2, 0.25) is 0 Å². The van der Waals surface area contributed by atoms with E-state index < -0.39 is 12.2 Å². The second-order valence-corrected chi connectivity index (χ2v) is 9.36. The second-order valence-electron chi connectivity index (χ2n) is 7.11. The number of ether oxygens (including phenoxy) is 1. The van der Waals surface area contributed by atoms with Gasteiger partial charge >= 0.3 is 0 Å². The van der Waals surface area contributed by atoms with Gasteiger partial charge in [0.05, 0.1) is 11.8 Å². The van der Waals surface area contributed by atoms with Crippen LogP contribution in [0.25, 0.3) is 10.4 Å². The molecule has 0 aliphatic carbocycles. The number of para-hydroxylation sites is 1. The average Bonchev–Trinajstić information content (AvgIpc) is 2.72. The van der Waals surface area contributed by atoms with E-state index in [-0.39, 0.29) is 6.61 Å². The molecule has 0 saturated carbocycles. The number of hydrogen-bond donors (Lipinski definition) is 3. The van der Waals surface area contributed by atoms with Gasteiger partial charge in [-0.05, 0) is 51.9 Å². The zero-order chi connectivity index (χ0) is 21.9. The fraction of sp³-hybridized carbons (Fsp3) is 0.429. The summed E-state index contributed by atoms with van der Waals surface area (Å²) in [6.07, 6.45) is -0.698. The monoisotopic (exact) mass is 542 g/mol. The summed E-state index contributed by atoms with van der Waals surface area (Å²) in [5.74, 6) is 1.20. The molecule has 0 bridgehead atoms. The summed E-state index contributed by atoms with van der Waals surface area (Å²) in [6.45, 7) is 4.71. The first kappa shape index (κ1) is 24.8. The van der Waals surface area contributed by atoms with E-state index in [9.17, 15) is 10.2 Å². The minimum atomic E-state index is -0.600. The molecule has 2 rings (SSSR count). The number of halogens is 1. The first-order valence-corrected chi connectivity index (χ1v) is 11.7. The molecule has 30 heavy (non-hydrogen) atoms. The van der Waals surface area contributed by atoms with E-state index in [1.807, 2.05) is 50.2 Å². The van der Waals surface area contributed by atoms with E-state index in [2.05, 4.69) is 37.9 Å². The van der Waals surface area contributed by atoms with Crippen LogP contribution < -0.4 is 10.1 Å². The fourth-order valence-corrected chi connectivity index (χ4v) is 4.34. The highest BCUT2D eigenvalue weighted by molar-refractivity contribution is 14.1. The zero-order valence-corrected chi connectivity index (χ0v) is 20.0. The van der Waals surface area contributed by atoms with Gasteiger partial charge in [0.25, 0.3) is 0 Å². The Balaban J connectivity index is 1.88. The van der Waals surface area contributed by atoms with Crippen molar-refractivity contribution in [2.24, 2.45) is 5.11 Å². The molecule has 0 aliphatic rings. The topological polar surface area (TPSA) is 110 Å². The molecule has 1 unspecified atom stereocenters. The standard InChI is InChI=1S/C21H27IN4O3S/c1-14(2)24-11-17(28)12-29-21-6-4-3-5-15(21)9-16(27)13-30-18-7-8-20(25-26-23)19(22)10-18/h3-8,10,14,16-17,24,27-28H,9,11-13H2,1-2H3/t16?,17-/m1/s1. The Morgan fingerprint density at radius 3 is 2.67 bits per heavy atom. The van der Waals surface area contributed by atoms with E-state index in [4.69, 9.17) is 10.3 Å². The number of nitrogens with one attached hydrogen (secondary N) is 1. The molecule has 162 valence electrons. The Hall–Kier alpha value is -1.49. The number of aliphatic hydroxyl groups excluding tert-OH is 2. The lowest BCUT2D eigenvalue weighted by molar-refractivity contribution is 0.103. The van der Waals surface area contributed by atoms with Crippen molar-refractivity contribution in [3.63, 3.8) is 0 Å². The number of hydrogen-bond acceptors (Lipinski definition) is 6. The van der Waals surface area contributed by atoms with Gasteiger partial charge in [-0.3, -0.25) is 0 Å². The number of rotatable bonds is 12. The van der Waals surface area contributed by atoms with Crippen LogP contribution in [0.3, 0.4) is 0 Å². The first-order valence-electron chi connectivity index (χ1n) is 9.66. The van der Waals surface area contributed by atoms with E-state index in [0.717, 1.165) is 14.0 Å². The number of benzene rings is 2. The highest BCUT2D eigenvalue weighted by Gasteiger charge is 2.13. The molecule has 2 aromatic carbocycles. The first-order chi connectivity index (χ1) is 14.4. The Morgan fingerprint density at radius 2 is 1.97 bits per heavy atom. The fourth-order valence-electron chi connectivity index (χ4n) is 2.64. The third kappa shape index (κ3) is 8.71. The predicted octanol–water partition coefficient (Wildman–Crippen LogP) is 4.67. The molecule has 7 nitrogen and oxygen atoms in total. The summed E-state index contributed by atoms with van der Waals surface area (Å²) >= 11 is 3.67. The van der Waals surface area contributed by atoms with Gasteiger partial charge in [-0.25, -0.2) is 0 Å². The van der Waals surface area contributed by atoms with Crippen LogP contribution in [0, 0.1) is 3.57 Å². The van der Waals surface area contributed by atoms with Gasteiger partial charge in [0.1, 0.15) is 18.5 Å². The summed E-state index contributed by atoms with van der Waals surface area (Å²) in [4.78, 5) is 3.81. The molecule has 2 atom stereocenters. The quantitative estimate of drug-likeness (QED) is 0.119. The van der Waals surface area contributed by atoms with Gasteiger partial charge in [0.2, 0.25) is 0 Å². The number of thioether (sulfide) groups is 1. The molecule has 0 spiro atoms. The second kappa shape index (κ2) is 13.0. The van der Waals surface area contributed by atoms with Crippen molar-refractivity contribution in [1.29, 1.82) is 0 Å². The third-order valence-corrected chi connectivity index (χ3v) is 6.14. The summed E-state index contributed by atoms with van der Waals surface area (Å²) in [5, 5.41) is 27.4. The van der Waals surface area contributed by atoms with E-state index in [1.165, 1.54) is 0 Å². The molecular formula is C21H27IN4O3S. The predicted molar refractivity (Wildman–Crippen MR) is 129 cm³/mol. The number of nitrogens with zero attached hydrogens (tertiary/aromatic N) is 3. The maximum Gasteiger partial charge on any atom is 0.122 e. The van der Waals surface area contributed by atoms with E-state index >= 15 is 0 Å². The lowest BCUT2D eigenvalue weighted by atomic mass is 10.1. The maximum absolute atomic E-state index is 10.5. The van der Waals surface area contributed by atoms with Gasteiger partial charge < -0.3 is 20.3 Å². The molecule has 0 radical (unpaired) electrons. The molecule has 0 heterocycles. The zero-order valence-electron chi connectivity index (χ0n) is 17.0. The van der Waals surface area contributed by atoms with Crippen LogP contribution in [0.1, 0.15) is 19.4 Å². The lowest BCUT2D eigenvalue weighted by Crippen LogP contribution is -2.35. The van der Waals surface area contributed by atoms with Crippen molar-refractivity contribution in [2.45, 2.75) is 43.4 Å². The molecule has 0 aliphatic heterocycles. The number of azide groups is 1. The van der Waals surface area contributed by atoms with Crippen LogP contribution in [-0.2, 0) is 6.42 Å². The average molecular weight is 542 g/mol. The molecule has 2 aromatic rings. The minimum Gasteiger partial charge on any atom is -0.491 e. The van der Waals surface area contributed by atoms with Gasteiger partial charge in [-0.2, -0.15) is 0 Å². The smallest absolute Gasteiger partial charge is 0.122 e. The van der Waals surface area contributed by atoms with Crippen molar-refractivity contribution in [3.8, 4) is 5.75 Å². The van der Waals surface area contributed by atoms with Crippen molar-refractivity contribution in [1.82, 2.24) is 5.32 Å². The van der Waals surface area contributed by atoms with Crippen LogP contribution in [0.5, 0.6) is 5.75 Å². The largest absolute Gasteiger partial charge is 0.491 e. The van der Waals surface area contributed by atoms with Crippen molar-refractivity contribution in [2.75, 3.05) is 18.9 Å². The highest BCUT2D eigenvalue weighted by atomic mass is 127. The van der Waals surface area contributed by atoms with Gasteiger partial charge in [0.15, 0.2) is 0 Å². The Labute approximate surface area is 195 Å². The van der Waals surface area contributed by atoms with Gasteiger partial charge in [-0.1, -0.05) is 43.2 Å². The molecule has 0 amide bonds. The summed E-state index contributed by atoms with van der Waals surface area (Å²) < 4.78 is 6.67. The van der Waals surface area contributed by atoms with Crippen LogP contribution in [0.4, 0.5) is 5.69 Å². The summed E-state index contributed by atoms with van der Waals surface area (Å²) in [5.41, 5.74) is 10.1. The molecule has 3 N–H and O–H groups in total. The number of aliphatic hydroxyl groups is 2. The lowest BCUT2D eigenvalue weighted by Gasteiger charge is -2.18. The summed E-state index contributed by atoms with van der Waals surface area (Å²) in [7, 11) is 0. The Bertz CT molecular complexity index is 862. The SMILES string of the molecule is CC(C)NC[C@@H](O)COc1ccccc1CC(O)CSc1ccc(N=[N+]=[N-])c(I)c1. The molecular weight excluding hydrogens is 515 g/mol. The van der Waals surface area contributed by atoms with Crippen LogP contribution >= 0.6 is 34.4 Å². The van der Waals surface area contributed by atoms with Gasteiger partial charge in [0, 0.05) is 38.1 Å². The Morgan fingerprint density at radius 1 is 1.20 bits per heavy atom. The normalized spacial score (nSPS) is 13.0. The van der Waals surface area contributed by atoms with E-state index in [0.29, 0.717) is 36.2 Å². The minimum absolute atomic E-state index is 0.192. The van der Waals surface area contributed by atoms with Gasteiger partial charge in [-0.15, -0.1) is 11.8 Å². The van der Waals surface area contributed by atoms with Crippen LogP contribution in [0.15, 0.2) is 52.5 Å². The highest BCUT2D eigenvalue weighted by Crippen LogP contribution is 2.29. The van der Waals surface area contributed by atoms with Crippen molar-refractivity contribution in [3.05, 3.63) is 62.0 Å².